The molecule has 0 bridgehead atoms. The Balaban J connectivity index is 1.19. The van der Waals surface area contributed by atoms with E-state index in [0.29, 0.717) is 60.1 Å². The summed E-state index contributed by atoms with van der Waals surface area (Å²) >= 11 is 6.53. The number of fused-ring (bicyclic) bond motifs is 1. The molecule has 7 rings (SSSR count). The maximum atomic E-state index is 13.9. The zero-order chi connectivity index (χ0) is 33.4. The van der Waals surface area contributed by atoms with Crippen LogP contribution in [0.2, 0.25) is 5.02 Å². The molecular weight excluding hydrogens is 632 g/mol. The number of piperazine rings is 1. The van der Waals surface area contributed by atoms with Crippen molar-refractivity contribution in [2.45, 2.75) is 30.8 Å². The topological polar surface area (TPSA) is 150 Å². The van der Waals surface area contributed by atoms with Crippen LogP contribution >= 0.6 is 11.6 Å². The van der Waals surface area contributed by atoms with E-state index in [-0.39, 0.29) is 29.4 Å². The van der Waals surface area contributed by atoms with E-state index < -0.39 is 17.4 Å². The highest BCUT2D eigenvalue weighted by Crippen LogP contribution is 2.51. The maximum Gasteiger partial charge on any atom is 0.357 e. The molecule has 1 saturated carbocycles. The van der Waals surface area contributed by atoms with Crippen LogP contribution < -0.4 is 20.7 Å². The average molecular weight is 667 g/mol. The van der Waals surface area contributed by atoms with Crippen molar-refractivity contribution in [3.8, 4) is 12.1 Å². The number of hydroxylamine groups is 2. The van der Waals surface area contributed by atoms with Crippen LogP contribution in [-0.2, 0) is 4.84 Å². The number of hydrogen-bond acceptors (Lipinski definition) is 11. The van der Waals surface area contributed by atoms with Gasteiger partial charge in [0.15, 0.2) is 11.5 Å². The molecule has 1 amide bonds. The van der Waals surface area contributed by atoms with E-state index >= 15 is 0 Å². The van der Waals surface area contributed by atoms with E-state index in [0.717, 1.165) is 24.8 Å². The number of nitriles is 1. The van der Waals surface area contributed by atoms with Crippen molar-refractivity contribution < 1.29 is 19.2 Å². The average Bonchev–Trinajstić information content (AvgIpc) is 3.64. The summed E-state index contributed by atoms with van der Waals surface area (Å²) in [6.07, 6.45) is 2.55. The Labute approximate surface area is 282 Å². The lowest BCUT2D eigenvalue weighted by Gasteiger charge is -2.41. The van der Waals surface area contributed by atoms with Gasteiger partial charge in [0.25, 0.3) is 5.91 Å². The zero-order valence-electron chi connectivity index (χ0n) is 26.4. The summed E-state index contributed by atoms with van der Waals surface area (Å²) in [6.45, 7) is 2.26. The smallest absolute Gasteiger partial charge is 0.357 e. The minimum Gasteiger partial charge on any atom is -0.462 e. The number of amides is 1. The van der Waals surface area contributed by atoms with E-state index in [9.17, 15) is 14.9 Å². The van der Waals surface area contributed by atoms with Crippen LogP contribution in [-0.4, -0.2) is 83.2 Å². The van der Waals surface area contributed by atoms with Crippen molar-refractivity contribution in [3.63, 3.8) is 0 Å². The summed E-state index contributed by atoms with van der Waals surface area (Å²) in [7, 11) is 2.05. The monoisotopic (exact) mass is 666 g/mol. The van der Waals surface area contributed by atoms with Gasteiger partial charge in [-0.05, 0) is 62.5 Å². The molecule has 0 radical (unpaired) electrons. The van der Waals surface area contributed by atoms with Crippen LogP contribution in [0.25, 0.3) is 10.8 Å². The lowest BCUT2D eigenvalue weighted by Crippen LogP contribution is -2.56. The number of carbonyl (C=O) groups excluding carboxylic acids is 2. The molecule has 1 spiro atoms. The third kappa shape index (κ3) is 5.96. The second-order valence-electron chi connectivity index (χ2n) is 12.5. The van der Waals surface area contributed by atoms with E-state index in [1.807, 2.05) is 35.2 Å². The third-order valence-corrected chi connectivity index (χ3v) is 9.85. The van der Waals surface area contributed by atoms with Crippen molar-refractivity contribution in [2.75, 3.05) is 55.8 Å². The highest BCUT2D eigenvalue weighted by atomic mass is 35.5. The molecule has 2 saturated heterocycles. The first kappa shape index (κ1) is 31.6. The molecule has 3 heterocycles. The number of nitrogens with one attached hydrogen (secondary N) is 1. The number of aromatic nitrogens is 2. The predicted octanol–water partition coefficient (Wildman–Crippen LogP) is 4.77. The van der Waals surface area contributed by atoms with Gasteiger partial charge in [-0.1, -0.05) is 54.1 Å². The van der Waals surface area contributed by atoms with Crippen LogP contribution in [0, 0.1) is 17.2 Å². The Morgan fingerprint density at radius 1 is 1.08 bits per heavy atom. The number of nitrogens with two attached hydrogens (primary N) is 1. The lowest BCUT2D eigenvalue weighted by molar-refractivity contribution is -0.154. The van der Waals surface area contributed by atoms with Gasteiger partial charge in [-0.25, -0.2) is 4.79 Å². The van der Waals surface area contributed by atoms with E-state index in [1.165, 1.54) is 0 Å². The largest absolute Gasteiger partial charge is 0.462 e. The highest BCUT2D eigenvalue weighted by molar-refractivity contribution is 6.37. The van der Waals surface area contributed by atoms with Gasteiger partial charge in [0.1, 0.15) is 12.3 Å². The first-order valence-corrected chi connectivity index (χ1v) is 16.3. The Bertz CT molecular complexity index is 1920. The van der Waals surface area contributed by atoms with Crippen LogP contribution in [0.15, 0.2) is 66.7 Å². The number of nitrogens with zero attached hydrogens (tertiary/aromatic N) is 6. The molecule has 1 aliphatic carbocycles. The van der Waals surface area contributed by atoms with Crippen molar-refractivity contribution >= 4 is 51.4 Å². The molecule has 48 heavy (non-hydrogen) atoms. The molecule has 3 fully saturated rings. The van der Waals surface area contributed by atoms with Crippen LogP contribution in [0.4, 0.5) is 17.2 Å². The van der Waals surface area contributed by atoms with Crippen molar-refractivity contribution in [1.29, 1.82) is 5.26 Å². The number of hydrogen-bond donors (Lipinski definition) is 2. The summed E-state index contributed by atoms with van der Waals surface area (Å²) in [4.78, 5) is 46.1. The van der Waals surface area contributed by atoms with Crippen molar-refractivity contribution in [2.24, 2.45) is 5.92 Å². The van der Waals surface area contributed by atoms with Gasteiger partial charge in [-0.3, -0.25) is 4.79 Å². The fourth-order valence-electron chi connectivity index (χ4n) is 6.74. The minimum atomic E-state index is -0.759. The summed E-state index contributed by atoms with van der Waals surface area (Å²) in [5.41, 5.74) is 6.91. The highest BCUT2D eigenvalue weighted by Gasteiger charge is 2.63. The van der Waals surface area contributed by atoms with Gasteiger partial charge in [0, 0.05) is 24.5 Å². The molecule has 12 nitrogen and oxygen atoms in total. The second kappa shape index (κ2) is 12.9. The molecule has 3 aliphatic rings. The maximum absolute atomic E-state index is 13.9. The zero-order valence-corrected chi connectivity index (χ0v) is 27.2. The Kier molecular flexibility index (Phi) is 8.51. The summed E-state index contributed by atoms with van der Waals surface area (Å²) < 4.78 is 6.13. The number of anilines is 3. The standard InChI is InChI=1S/C35H35ClN8O4/c1-42-15-7-12-25(42)20-47-34-40-30(32(45)39-27-14-6-11-22-10-5-13-26(36)28(22)27)29(38)31(41-34)43-16-17-44(35(21-43)18-24(35)19-37)48-33(46)23-8-3-2-4-9-23/h2-6,8-11,13-14,24-25H,7,12,15-18,20-21,38H2,1H3,(H,39,45)/t24-,25+,35?/m1/s1. The van der Waals surface area contributed by atoms with Crippen LogP contribution in [0.5, 0.6) is 6.01 Å². The van der Waals surface area contributed by atoms with E-state index in [1.54, 1.807) is 41.5 Å². The van der Waals surface area contributed by atoms with E-state index in [2.05, 4.69) is 28.3 Å². The van der Waals surface area contributed by atoms with E-state index in [4.69, 9.17) is 31.9 Å². The number of carbonyl (C=O) groups is 2. The molecule has 1 unspecified atom stereocenters. The predicted molar refractivity (Wildman–Crippen MR) is 182 cm³/mol. The SMILES string of the molecule is CN1CCC[C@H]1COc1nc(C(=O)Nc2cccc3cccc(Cl)c23)c(N)c(N2CCN(OC(=O)c3ccccc3)C3(C[C@@H]3C#N)C2)n1. The minimum absolute atomic E-state index is 0.0280. The Morgan fingerprint density at radius 2 is 1.88 bits per heavy atom. The fourth-order valence-corrected chi connectivity index (χ4v) is 7.02. The molecule has 4 aromatic rings. The van der Waals surface area contributed by atoms with Gasteiger partial charge in [-0.15, -0.1) is 5.06 Å². The first-order chi connectivity index (χ1) is 23.3. The molecule has 246 valence electrons. The number of likely N-dealkylation sites (tertiary alicyclic amines) is 1. The van der Waals surface area contributed by atoms with Crippen molar-refractivity contribution in [3.05, 3.63) is 83.0 Å². The molecule has 3 N–H and O–H groups in total. The number of ether oxygens (including phenoxy) is 1. The van der Waals surface area contributed by atoms with Gasteiger partial charge < -0.3 is 30.4 Å². The quantitative estimate of drug-likeness (QED) is 0.268. The molecule has 2 aliphatic heterocycles. The van der Waals surface area contributed by atoms with Crippen molar-refractivity contribution in [1.82, 2.24) is 19.9 Å². The lowest BCUT2D eigenvalue weighted by atomic mass is 10.1. The molecule has 3 atom stereocenters. The number of rotatable bonds is 8. The summed E-state index contributed by atoms with van der Waals surface area (Å²) in [5, 5.41) is 16.6. The van der Waals surface area contributed by atoms with Gasteiger partial charge in [0.05, 0.1) is 40.3 Å². The number of halogens is 1. The second-order valence-corrected chi connectivity index (χ2v) is 12.9. The summed E-state index contributed by atoms with van der Waals surface area (Å²) in [6, 6.07) is 22.3. The molecule has 13 heteroatoms. The first-order valence-electron chi connectivity index (χ1n) is 16.0. The van der Waals surface area contributed by atoms with Gasteiger partial charge in [-0.2, -0.15) is 15.2 Å². The van der Waals surface area contributed by atoms with Gasteiger partial charge in [0.2, 0.25) is 0 Å². The summed E-state index contributed by atoms with van der Waals surface area (Å²) in [5.74, 6) is -1.09. The van der Waals surface area contributed by atoms with Crippen LogP contribution in [0.3, 0.4) is 0 Å². The third-order valence-electron chi connectivity index (χ3n) is 9.54. The van der Waals surface area contributed by atoms with Crippen LogP contribution in [0.1, 0.15) is 40.1 Å². The molecule has 1 aromatic heterocycles. The normalized spacial score (nSPS) is 22.4. The molecule has 3 aromatic carbocycles. The number of likely N-dealkylation sites (N-methyl/N-ethyl adjacent to an activating group) is 1. The Hall–Kier alpha value is -4.96. The molecular formula is C35H35ClN8O4. The van der Waals surface area contributed by atoms with Gasteiger partial charge >= 0.3 is 12.0 Å². The fraction of sp³-hybridized carbons (Fsp3) is 0.343. The number of benzene rings is 3. The Morgan fingerprint density at radius 3 is 2.60 bits per heavy atom. The number of nitrogen functional groups attached to an aromatic ring is 1.